The van der Waals surface area contributed by atoms with Gasteiger partial charge in [0.25, 0.3) is 0 Å². The Bertz CT molecular complexity index is 2660. The first kappa shape index (κ1) is 143. The first-order valence-electron chi connectivity index (χ1n) is 64.0. The molecule has 0 heterocycles. The number of unbranched alkanes of at least 4 members (excludes halogenated alkanes) is 64. The van der Waals surface area contributed by atoms with E-state index in [1.165, 1.54) is 231 Å². The van der Waals surface area contributed by atoms with E-state index in [-0.39, 0.29) is 126 Å². The van der Waals surface area contributed by atoms with Crippen LogP contribution in [0.3, 0.4) is 0 Å². The highest BCUT2D eigenvalue weighted by atomic mass is 16.6. The van der Waals surface area contributed by atoms with Gasteiger partial charge < -0.3 is 47.4 Å². The fraction of sp³-hybridized carbons (Fsp3) is 0.922. The summed E-state index contributed by atoms with van der Waals surface area (Å²) < 4.78 is 60.5. The Labute approximate surface area is 910 Å². The lowest BCUT2D eigenvalue weighted by Gasteiger charge is -2.31. The number of hydrogen-bond acceptors (Lipinski definition) is 20. The smallest absolute Gasteiger partial charge is 0.306 e. The van der Waals surface area contributed by atoms with Crippen LogP contribution in [0.15, 0.2) is 0 Å². The Hall–Kier alpha value is -5.30. The van der Waals surface area contributed by atoms with E-state index in [1.54, 1.807) is 0 Å². The maximum atomic E-state index is 13.9. The lowest BCUT2D eigenvalue weighted by molar-refractivity contribution is -0.167. The van der Waals surface area contributed by atoms with Crippen molar-refractivity contribution < 1.29 is 95.3 Å². The summed E-state index contributed by atoms with van der Waals surface area (Å²) in [5, 5.41) is 0. The van der Waals surface area contributed by atoms with Crippen LogP contribution < -0.4 is 0 Å². The number of esters is 10. The summed E-state index contributed by atoms with van der Waals surface area (Å²) in [4.78, 5) is 135. The van der Waals surface area contributed by atoms with Gasteiger partial charge in [-0.15, -0.1) is 0 Å². The summed E-state index contributed by atoms with van der Waals surface area (Å²) in [5.41, 5.74) is -2.21. The first-order chi connectivity index (χ1) is 72.2. The summed E-state index contributed by atoms with van der Waals surface area (Å²) in [7, 11) is 0. The van der Waals surface area contributed by atoms with Gasteiger partial charge >= 0.3 is 59.7 Å². The molecule has 0 aliphatic heterocycles. The lowest BCUT2D eigenvalue weighted by atomic mass is 9.87. The molecule has 20 heteroatoms. The van der Waals surface area contributed by atoms with Crippen molar-refractivity contribution in [3.8, 4) is 0 Å². The molecule has 0 bridgehead atoms. The molecular formula is C128H238O20. The van der Waals surface area contributed by atoms with Crippen LogP contribution >= 0.6 is 0 Å². The Morgan fingerprint density at radius 3 is 0.372 bits per heavy atom. The van der Waals surface area contributed by atoms with Crippen molar-refractivity contribution in [2.24, 2.45) is 10.8 Å². The average Bonchev–Trinajstić information content (AvgIpc) is 0.861. The minimum atomic E-state index is -1.10. The zero-order chi connectivity index (χ0) is 108. The maximum Gasteiger partial charge on any atom is 0.306 e. The van der Waals surface area contributed by atoms with Gasteiger partial charge in [0.05, 0.1) is 23.7 Å². The molecule has 0 aromatic heterocycles. The second kappa shape index (κ2) is 109. The maximum absolute atomic E-state index is 13.9. The quantitative estimate of drug-likeness (QED) is 0.0311. The van der Waals surface area contributed by atoms with E-state index in [0.717, 1.165) is 283 Å². The average molecular weight is 2100 g/mol. The summed E-state index contributed by atoms with van der Waals surface area (Å²) >= 11 is 0. The predicted octanol–water partition coefficient (Wildman–Crippen LogP) is 37.5. The molecule has 0 radical (unpaired) electrons. The minimum Gasteiger partial charge on any atom is -0.465 e. The van der Waals surface area contributed by atoms with E-state index in [0.29, 0.717) is 64.2 Å². The van der Waals surface area contributed by atoms with Crippen LogP contribution in [0.1, 0.15) is 686 Å². The number of carbonyl (C=O) groups excluding carboxylic acids is 10. The van der Waals surface area contributed by atoms with E-state index >= 15 is 0 Å². The molecule has 0 spiro atoms. The second-order valence-corrected chi connectivity index (χ2v) is 45.0. The van der Waals surface area contributed by atoms with Crippen LogP contribution in [0, 0.1) is 10.8 Å². The van der Waals surface area contributed by atoms with E-state index < -0.39 is 46.6 Å². The van der Waals surface area contributed by atoms with Gasteiger partial charge in [0.2, 0.25) is 0 Å². The summed E-state index contributed by atoms with van der Waals surface area (Å²) in [6.07, 6.45) is 92.0. The normalized spacial score (nSPS) is 13.1. The van der Waals surface area contributed by atoms with Crippen molar-refractivity contribution in [1.29, 1.82) is 0 Å². The van der Waals surface area contributed by atoms with Crippen molar-refractivity contribution in [3.05, 3.63) is 0 Å². The molecule has 0 aliphatic carbocycles. The third kappa shape index (κ3) is 95.4. The van der Waals surface area contributed by atoms with Gasteiger partial charge in [0.15, 0.2) is 0 Å². The van der Waals surface area contributed by atoms with E-state index in [4.69, 9.17) is 47.4 Å². The van der Waals surface area contributed by atoms with Crippen molar-refractivity contribution in [2.75, 3.05) is 39.6 Å². The Kier molecular flexibility index (Phi) is 105. The SMILES string of the molecule is CCCCCCCCCC(=O)OC(CCCCCCCCC)CCCCCCCC(=O)OCC(CC)(COC(=O)CCCCCCCC(CCCCCCCCC)OC(=O)CCCCCCCCC)COC(=O)CCC(=O)OCC(CC)(COC(=O)CCCCCCCC(CCCCCCCCC)OC(=O)CCCCCCCCC)COC(=O)CCCCCCCC(CCCCCCCCC)OC(=O)CCCCCCCCC. The van der Waals surface area contributed by atoms with Crippen LogP contribution in [0.5, 0.6) is 0 Å². The fourth-order valence-corrected chi connectivity index (χ4v) is 19.8. The molecule has 0 N–H and O–H groups in total. The van der Waals surface area contributed by atoms with Crippen molar-refractivity contribution in [1.82, 2.24) is 0 Å². The number of carbonyl (C=O) groups is 10. The molecule has 0 fully saturated rings. The summed E-state index contributed by atoms with van der Waals surface area (Å²) in [6, 6.07) is 0. The van der Waals surface area contributed by atoms with Gasteiger partial charge in [-0.3, -0.25) is 47.9 Å². The molecule has 0 aromatic carbocycles. The van der Waals surface area contributed by atoms with Crippen molar-refractivity contribution in [3.63, 3.8) is 0 Å². The molecule has 0 amide bonds. The van der Waals surface area contributed by atoms with Crippen LogP contribution in [0.4, 0.5) is 0 Å². The van der Waals surface area contributed by atoms with Gasteiger partial charge in [-0.1, -0.05) is 454 Å². The van der Waals surface area contributed by atoms with Crippen molar-refractivity contribution in [2.45, 2.75) is 710 Å². The predicted molar refractivity (Wildman–Crippen MR) is 610 cm³/mol. The number of hydrogen-bond donors (Lipinski definition) is 0. The third-order valence-electron chi connectivity index (χ3n) is 30.5. The monoisotopic (exact) mass is 2100 g/mol. The van der Waals surface area contributed by atoms with Crippen LogP contribution in [-0.2, 0) is 95.3 Å². The number of rotatable bonds is 117. The molecule has 0 saturated heterocycles. The molecular weight excluding hydrogens is 1860 g/mol. The van der Waals surface area contributed by atoms with Gasteiger partial charge in [-0.2, -0.15) is 0 Å². The highest BCUT2D eigenvalue weighted by Crippen LogP contribution is 2.32. The van der Waals surface area contributed by atoms with Gasteiger partial charge in [-0.25, -0.2) is 0 Å². The number of ether oxygens (including phenoxy) is 10. The lowest BCUT2D eigenvalue weighted by Crippen LogP contribution is -2.39. The van der Waals surface area contributed by atoms with Gasteiger partial charge in [0.1, 0.15) is 64.1 Å². The van der Waals surface area contributed by atoms with E-state index in [1.807, 2.05) is 13.8 Å². The molecule has 4 atom stereocenters. The van der Waals surface area contributed by atoms with Crippen LogP contribution in [0.25, 0.3) is 0 Å². The summed E-state index contributed by atoms with van der Waals surface area (Å²) in [6.45, 7) is 20.4. The molecule has 0 rings (SSSR count). The highest BCUT2D eigenvalue weighted by molar-refractivity contribution is 5.78. The first-order valence-corrected chi connectivity index (χ1v) is 64.0. The van der Waals surface area contributed by atoms with Gasteiger partial charge in [-0.05, 0) is 167 Å². The topological polar surface area (TPSA) is 263 Å². The fourth-order valence-electron chi connectivity index (χ4n) is 19.8. The molecule has 20 nitrogen and oxygen atoms in total. The summed E-state index contributed by atoms with van der Waals surface area (Å²) in [5.74, 6) is -3.34. The van der Waals surface area contributed by atoms with E-state index in [2.05, 4.69) is 55.4 Å². The zero-order valence-electron chi connectivity index (χ0n) is 98.6. The molecule has 870 valence electrons. The van der Waals surface area contributed by atoms with E-state index in [9.17, 15) is 47.9 Å². The molecule has 0 saturated carbocycles. The highest BCUT2D eigenvalue weighted by Gasteiger charge is 2.37. The molecule has 0 aromatic rings. The Morgan fingerprint density at radius 1 is 0.135 bits per heavy atom. The molecule has 148 heavy (non-hydrogen) atoms. The Morgan fingerprint density at radius 2 is 0.243 bits per heavy atom. The van der Waals surface area contributed by atoms with Crippen LogP contribution in [0.2, 0.25) is 0 Å². The van der Waals surface area contributed by atoms with Crippen LogP contribution in [-0.4, -0.2) is 124 Å². The Balaban J connectivity index is 6.59. The third-order valence-corrected chi connectivity index (χ3v) is 30.5. The van der Waals surface area contributed by atoms with Gasteiger partial charge in [0, 0.05) is 51.4 Å². The van der Waals surface area contributed by atoms with Crippen molar-refractivity contribution >= 4 is 59.7 Å². The standard InChI is InChI=1S/C128H238O20/c1-11-21-29-37-45-57-73-89-113(145-123(135)101-85-65-49-41-33-25-15-5)93-77-61-53-69-81-97-117(129)139-107-127(19-9,108-140-118(130)98-82-70-54-62-78-94-114(90-74-58-46-38-30-22-12-2)146-124(136)102-86-66-50-42-34-26-16-6)111-143-121(133)105-106-122(134)144-112-128(20-10,109-141-119(131)99-83-71-55-63-79-95-115(91-75-59-47-39-31-23-13-3)147-125(137)103-87-67-51-43-35-27-17-7)110-142-120(132)100-84-72-56-64-80-96-116(92-76-60-48-40-32-24-14-4)148-126(138)104-88-68-52-44-36-28-18-8/h113-116H,11-112H2,1-10H3. The molecule has 0 aliphatic rings. The molecule has 4 unspecified atom stereocenters. The minimum absolute atomic E-state index is 0.0754. The largest absolute Gasteiger partial charge is 0.465 e. The zero-order valence-corrected chi connectivity index (χ0v) is 98.6. The second-order valence-electron chi connectivity index (χ2n) is 45.0.